The maximum absolute atomic E-state index is 12.3. The summed E-state index contributed by atoms with van der Waals surface area (Å²) in [5.74, 6) is 0.560. The van der Waals surface area contributed by atoms with E-state index in [9.17, 15) is 9.59 Å². The number of hydrogen-bond acceptors (Lipinski definition) is 5. The maximum Gasteiger partial charge on any atom is 0.259 e. The van der Waals surface area contributed by atoms with Gasteiger partial charge in [0, 0.05) is 15.6 Å². The van der Waals surface area contributed by atoms with Gasteiger partial charge in [-0.3, -0.25) is 9.59 Å². The van der Waals surface area contributed by atoms with E-state index < -0.39 is 5.91 Å². The van der Waals surface area contributed by atoms with Gasteiger partial charge in [-0.05, 0) is 60.5 Å². The number of nitrogens with zero attached hydrogens (tertiary/aromatic N) is 1. The van der Waals surface area contributed by atoms with Gasteiger partial charge in [-0.25, -0.2) is 5.43 Å². The number of amides is 2. The minimum Gasteiger partial charge on any atom is -0.494 e. The molecule has 0 atom stereocenters. The van der Waals surface area contributed by atoms with E-state index in [4.69, 9.17) is 9.47 Å². The standard InChI is InChI=1S/C27H28BrN3O4/c1-2-3-16-34-24-14-10-21(11-15-24)27(33)29-18-26(32)31-30-17-22-6-4-5-7-25(22)35-19-20-8-12-23(28)13-9-20/h4-15,17H,2-3,16,18-19H2,1H3,(H,29,33)(H,31,32). The summed E-state index contributed by atoms with van der Waals surface area (Å²) in [4.78, 5) is 24.4. The van der Waals surface area contributed by atoms with Gasteiger partial charge in [0.25, 0.3) is 11.8 Å². The molecule has 0 bridgehead atoms. The number of nitrogens with one attached hydrogen (secondary N) is 2. The zero-order valence-electron chi connectivity index (χ0n) is 19.5. The van der Waals surface area contributed by atoms with Crippen molar-refractivity contribution in [3.63, 3.8) is 0 Å². The highest BCUT2D eigenvalue weighted by molar-refractivity contribution is 9.10. The van der Waals surface area contributed by atoms with Gasteiger partial charge in [-0.2, -0.15) is 5.10 Å². The topological polar surface area (TPSA) is 89.0 Å². The average Bonchev–Trinajstić information content (AvgIpc) is 2.88. The lowest BCUT2D eigenvalue weighted by Gasteiger charge is -2.09. The molecule has 7 nitrogen and oxygen atoms in total. The third-order valence-electron chi connectivity index (χ3n) is 4.91. The highest BCUT2D eigenvalue weighted by Gasteiger charge is 2.08. The van der Waals surface area contributed by atoms with E-state index in [1.165, 1.54) is 6.21 Å². The second-order valence-electron chi connectivity index (χ2n) is 7.66. The van der Waals surface area contributed by atoms with Crippen molar-refractivity contribution in [2.24, 2.45) is 5.10 Å². The minimum absolute atomic E-state index is 0.202. The SMILES string of the molecule is CCCCOc1ccc(C(=O)NCC(=O)NN=Cc2ccccc2OCc2ccc(Br)cc2)cc1. The van der Waals surface area contributed by atoms with E-state index in [0.29, 0.717) is 30.3 Å². The van der Waals surface area contributed by atoms with Gasteiger partial charge in [0.1, 0.15) is 18.1 Å². The number of para-hydroxylation sites is 1. The molecule has 0 aliphatic rings. The molecule has 35 heavy (non-hydrogen) atoms. The van der Waals surface area contributed by atoms with Crippen LogP contribution in [0.2, 0.25) is 0 Å². The molecular weight excluding hydrogens is 510 g/mol. The Kier molecular flexibility index (Phi) is 10.3. The van der Waals surface area contributed by atoms with Gasteiger partial charge in [0.05, 0.1) is 19.4 Å². The molecule has 0 aromatic heterocycles. The Morgan fingerprint density at radius 2 is 1.71 bits per heavy atom. The summed E-state index contributed by atoms with van der Waals surface area (Å²) >= 11 is 3.42. The summed E-state index contributed by atoms with van der Waals surface area (Å²) in [6, 6.07) is 22.1. The van der Waals surface area contributed by atoms with Crippen LogP contribution < -0.4 is 20.2 Å². The molecule has 3 aromatic carbocycles. The van der Waals surface area contributed by atoms with Crippen molar-refractivity contribution in [3.05, 3.63) is 94.0 Å². The third kappa shape index (κ3) is 8.90. The Bertz CT molecular complexity index is 1130. The number of halogens is 1. The highest BCUT2D eigenvalue weighted by atomic mass is 79.9. The van der Waals surface area contributed by atoms with Gasteiger partial charge in [0.2, 0.25) is 0 Å². The van der Waals surface area contributed by atoms with Gasteiger partial charge in [-0.1, -0.05) is 53.5 Å². The van der Waals surface area contributed by atoms with Crippen molar-refractivity contribution in [3.8, 4) is 11.5 Å². The molecule has 0 saturated carbocycles. The summed E-state index contributed by atoms with van der Waals surface area (Å²) < 4.78 is 12.5. The van der Waals surface area contributed by atoms with Crippen LogP contribution in [-0.4, -0.2) is 31.2 Å². The molecule has 8 heteroatoms. The second kappa shape index (κ2) is 13.9. The Balaban J connectivity index is 1.44. The monoisotopic (exact) mass is 537 g/mol. The van der Waals surface area contributed by atoms with Crippen LogP contribution in [0, 0.1) is 0 Å². The predicted octanol–water partition coefficient (Wildman–Crippen LogP) is 5.09. The summed E-state index contributed by atoms with van der Waals surface area (Å²) in [5.41, 5.74) is 4.61. The Morgan fingerprint density at radius 3 is 2.46 bits per heavy atom. The summed E-state index contributed by atoms with van der Waals surface area (Å²) in [6.45, 7) is 2.94. The van der Waals surface area contributed by atoms with E-state index in [1.807, 2.05) is 48.5 Å². The normalized spacial score (nSPS) is 10.7. The van der Waals surface area contributed by atoms with Crippen LogP contribution in [0.3, 0.4) is 0 Å². The quantitative estimate of drug-likeness (QED) is 0.191. The number of ether oxygens (including phenoxy) is 2. The Hall–Kier alpha value is -3.65. The molecular formula is C27H28BrN3O4. The van der Waals surface area contributed by atoms with Crippen LogP contribution in [0.25, 0.3) is 0 Å². The van der Waals surface area contributed by atoms with E-state index >= 15 is 0 Å². The van der Waals surface area contributed by atoms with Gasteiger partial charge < -0.3 is 14.8 Å². The average molecular weight is 538 g/mol. The summed E-state index contributed by atoms with van der Waals surface area (Å²) in [6.07, 6.45) is 3.54. The highest BCUT2D eigenvalue weighted by Crippen LogP contribution is 2.18. The predicted molar refractivity (Wildman–Crippen MR) is 140 cm³/mol. The van der Waals surface area contributed by atoms with E-state index in [-0.39, 0.29) is 12.5 Å². The number of rotatable bonds is 12. The number of hydrazone groups is 1. The van der Waals surface area contributed by atoms with Crippen molar-refractivity contribution >= 4 is 34.0 Å². The smallest absolute Gasteiger partial charge is 0.259 e. The number of carbonyl (C=O) groups is 2. The van der Waals surface area contributed by atoms with Crippen molar-refractivity contribution in [2.75, 3.05) is 13.2 Å². The van der Waals surface area contributed by atoms with Crippen molar-refractivity contribution in [2.45, 2.75) is 26.4 Å². The van der Waals surface area contributed by atoms with Crippen molar-refractivity contribution in [1.82, 2.24) is 10.7 Å². The molecule has 0 spiro atoms. The zero-order valence-corrected chi connectivity index (χ0v) is 21.1. The number of unbranched alkanes of at least 4 members (excludes halogenated alkanes) is 1. The molecule has 0 aliphatic heterocycles. The van der Waals surface area contributed by atoms with E-state index in [0.717, 1.165) is 28.4 Å². The zero-order chi connectivity index (χ0) is 24.9. The van der Waals surface area contributed by atoms with Crippen LogP contribution in [-0.2, 0) is 11.4 Å². The number of benzene rings is 3. The molecule has 3 rings (SSSR count). The van der Waals surface area contributed by atoms with Gasteiger partial charge >= 0.3 is 0 Å². The summed E-state index contributed by atoms with van der Waals surface area (Å²) in [7, 11) is 0. The largest absolute Gasteiger partial charge is 0.494 e. The first-order chi connectivity index (χ1) is 17.0. The molecule has 2 N–H and O–H groups in total. The Morgan fingerprint density at radius 1 is 0.971 bits per heavy atom. The summed E-state index contributed by atoms with van der Waals surface area (Å²) in [5, 5.41) is 6.57. The molecule has 182 valence electrons. The van der Waals surface area contributed by atoms with Crippen molar-refractivity contribution < 1.29 is 19.1 Å². The van der Waals surface area contributed by atoms with Crippen LogP contribution in [0.1, 0.15) is 41.3 Å². The fraction of sp³-hybridized carbons (Fsp3) is 0.222. The molecule has 0 unspecified atom stereocenters. The van der Waals surface area contributed by atoms with E-state index in [2.05, 4.69) is 38.7 Å². The van der Waals surface area contributed by atoms with Gasteiger partial charge in [0.15, 0.2) is 0 Å². The molecule has 0 fully saturated rings. The second-order valence-corrected chi connectivity index (χ2v) is 8.57. The van der Waals surface area contributed by atoms with Crippen LogP contribution in [0.4, 0.5) is 0 Å². The maximum atomic E-state index is 12.3. The Labute approximate surface area is 213 Å². The fourth-order valence-electron chi connectivity index (χ4n) is 2.97. The lowest BCUT2D eigenvalue weighted by molar-refractivity contribution is -0.120. The molecule has 0 radical (unpaired) electrons. The lowest BCUT2D eigenvalue weighted by atomic mass is 10.2. The molecule has 0 heterocycles. The first-order valence-electron chi connectivity index (χ1n) is 11.3. The van der Waals surface area contributed by atoms with Gasteiger partial charge in [-0.15, -0.1) is 0 Å². The minimum atomic E-state index is -0.442. The number of hydrogen-bond donors (Lipinski definition) is 2. The first kappa shape index (κ1) is 26.0. The van der Waals surface area contributed by atoms with Crippen LogP contribution in [0.15, 0.2) is 82.4 Å². The first-order valence-corrected chi connectivity index (χ1v) is 12.1. The third-order valence-corrected chi connectivity index (χ3v) is 5.44. The van der Waals surface area contributed by atoms with Crippen molar-refractivity contribution in [1.29, 1.82) is 0 Å². The van der Waals surface area contributed by atoms with Crippen LogP contribution in [0.5, 0.6) is 11.5 Å². The molecule has 3 aromatic rings. The molecule has 0 aliphatic carbocycles. The molecule has 0 saturated heterocycles. The molecule has 2 amide bonds. The van der Waals surface area contributed by atoms with Crippen LogP contribution >= 0.6 is 15.9 Å². The number of carbonyl (C=O) groups excluding carboxylic acids is 2. The fourth-order valence-corrected chi connectivity index (χ4v) is 3.24. The lowest BCUT2D eigenvalue weighted by Crippen LogP contribution is -2.34. The van der Waals surface area contributed by atoms with E-state index in [1.54, 1.807) is 24.3 Å².